The SMILES string of the molecule is CC.CC1CN(C(=O)CCSSC2=CCCC=N2)CCN1.Cc1cc(Cl)cc(-c2ccnc3cc(CN4C(=O)C5CC5C4=O)sc23)c1C.S. The number of halogens is 1. The normalized spacial score (nSPS) is 20.9. The number of allylic oxidation sites excluding steroid dienone is 1. The Kier molecular flexibility index (Phi) is 14.7. The molecule has 0 radical (unpaired) electrons. The fourth-order valence-corrected chi connectivity index (χ4v) is 9.39. The van der Waals surface area contributed by atoms with Crippen LogP contribution in [0, 0.1) is 25.7 Å². The first-order chi connectivity index (χ1) is 23.2. The Hall–Kier alpha value is -2.35. The molecular formula is C36H46ClN5O3S4. The fourth-order valence-electron chi connectivity index (χ4n) is 6.03. The summed E-state index contributed by atoms with van der Waals surface area (Å²) in [4.78, 5) is 49.7. The Morgan fingerprint density at radius 1 is 1.10 bits per heavy atom. The van der Waals surface area contributed by atoms with Gasteiger partial charge < -0.3 is 10.2 Å². The number of benzene rings is 1. The van der Waals surface area contributed by atoms with E-state index in [9.17, 15) is 14.4 Å². The smallest absolute Gasteiger partial charge is 0.233 e. The Balaban J connectivity index is 0.000000218. The van der Waals surface area contributed by atoms with E-state index < -0.39 is 0 Å². The molecule has 0 spiro atoms. The molecule has 1 N–H and O–H groups in total. The first-order valence-corrected chi connectivity index (χ1v) is 20.2. The first-order valence-electron chi connectivity index (χ1n) is 16.7. The molecule has 3 aliphatic heterocycles. The third-order valence-electron chi connectivity index (χ3n) is 8.75. The number of aromatic nitrogens is 1. The number of hydrogen-bond donors (Lipinski definition) is 1. The van der Waals surface area contributed by atoms with Crippen molar-refractivity contribution in [1.29, 1.82) is 0 Å². The molecule has 7 rings (SSSR count). The third kappa shape index (κ3) is 9.71. The van der Waals surface area contributed by atoms with Gasteiger partial charge in [-0.15, -0.1) is 11.3 Å². The number of piperazine rings is 1. The van der Waals surface area contributed by atoms with Gasteiger partial charge in [-0.05, 0) is 91.8 Å². The van der Waals surface area contributed by atoms with Crippen LogP contribution in [0.3, 0.4) is 0 Å². The van der Waals surface area contributed by atoms with E-state index in [0.717, 1.165) is 81.5 Å². The molecule has 2 saturated heterocycles. The highest BCUT2D eigenvalue weighted by Crippen LogP contribution is 2.48. The number of carbonyl (C=O) groups excluding carboxylic acids is 3. The molecular weight excluding hydrogens is 714 g/mol. The van der Waals surface area contributed by atoms with Crippen LogP contribution in [-0.4, -0.2) is 70.1 Å². The lowest BCUT2D eigenvalue weighted by Gasteiger charge is -2.31. The van der Waals surface area contributed by atoms with Crippen molar-refractivity contribution in [2.75, 3.05) is 25.4 Å². The van der Waals surface area contributed by atoms with Gasteiger partial charge in [-0.1, -0.05) is 42.3 Å². The van der Waals surface area contributed by atoms with Crippen LogP contribution in [0.4, 0.5) is 0 Å². The molecule has 3 aromatic rings. The number of carbonyl (C=O) groups is 3. The highest BCUT2D eigenvalue weighted by Gasteiger charge is 2.58. The Bertz CT molecular complexity index is 1710. The van der Waals surface area contributed by atoms with Gasteiger partial charge in [0.15, 0.2) is 0 Å². The van der Waals surface area contributed by atoms with E-state index in [1.54, 1.807) is 39.1 Å². The van der Waals surface area contributed by atoms with E-state index in [2.05, 4.69) is 42.1 Å². The van der Waals surface area contributed by atoms with Crippen molar-refractivity contribution in [2.24, 2.45) is 16.8 Å². The van der Waals surface area contributed by atoms with Gasteiger partial charge in [0.05, 0.1) is 28.6 Å². The van der Waals surface area contributed by atoms with Crippen LogP contribution in [0.25, 0.3) is 21.3 Å². The molecule has 4 aliphatic rings. The molecule has 1 aromatic carbocycles. The minimum atomic E-state index is -0.0577. The third-order valence-corrected chi connectivity index (χ3v) is 12.4. The van der Waals surface area contributed by atoms with Gasteiger partial charge in [-0.25, -0.2) is 0 Å². The number of likely N-dealkylation sites (tertiary alicyclic amines) is 1. The zero-order valence-corrected chi connectivity index (χ0v) is 33.0. The van der Waals surface area contributed by atoms with E-state index in [1.165, 1.54) is 10.5 Å². The van der Waals surface area contributed by atoms with E-state index in [4.69, 9.17) is 11.6 Å². The summed E-state index contributed by atoms with van der Waals surface area (Å²) < 4.78 is 1.06. The van der Waals surface area contributed by atoms with Gasteiger partial charge in [-0.2, -0.15) is 13.5 Å². The van der Waals surface area contributed by atoms with E-state index in [1.807, 2.05) is 49.2 Å². The summed E-state index contributed by atoms with van der Waals surface area (Å²) in [6.45, 7) is 13.2. The summed E-state index contributed by atoms with van der Waals surface area (Å²) in [6, 6.07) is 8.36. The molecule has 1 aliphatic carbocycles. The van der Waals surface area contributed by atoms with Gasteiger partial charge in [0.2, 0.25) is 17.7 Å². The molecule has 13 heteroatoms. The fraction of sp³-hybridized carbons (Fsp3) is 0.472. The largest absolute Gasteiger partial charge is 0.340 e. The van der Waals surface area contributed by atoms with Gasteiger partial charge in [0.1, 0.15) is 5.03 Å². The second-order valence-electron chi connectivity index (χ2n) is 12.2. The maximum atomic E-state index is 12.3. The van der Waals surface area contributed by atoms with Crippen molar-refractivity contribution >= 4 is 92.2 Å². The van der Waals surface area contributed by atoms with Gasteiger partial charge >= 0.3 is 0 Å². The number of pyridine rings is 1. The highest BCUT2D eigenvalue weighted by atomic mass is 35.5. The molecule has 3 amide bonds. The summed E-state index contributed by atoms with van der Waals surface area (Å²) in [5, 5.41) is 5.14. The standard InChI is InChI=1S/C21H17ClN2O2S.C13H21N3OS2.C2H6.H2S/c1-10-5-12(22)6-15(11(10)2)14-3-4-23-18-7-13(27-19(14)18)9-24-20(25)16-8-17(16)21(24)26;1-11-10-16(8-7-14-11)13(17)5-9-18-19-12-4-2-3-6-15-12;1-2;/h3-7,16-17H,8-9H2,1-2H3;4,6,11,14H,2-3,5,7-10H2,1H3;1-2H3;1H2. The summed E-state index contributed by atoms with van der Waals surface area (Å²) in [5.74, 6) is 0.987. The van der Waals surface area contributed by atoms with Crippen molar-refractivity contribution in [3.05, 3.63) is 62.6 Å². The second kappa shape index (κ2) is 18.2. The Morgan fingerprint density at radius 2 is 1.86 bits per heavy atom. The number of fused-ring (bicyclic) bond motifs is 2. The molecule has 5 heterocycles. The van der Waals surface area contributed by atoms with E-state index in [0.29, 0.717) is 24.0 Å². The average Bonchev–Trinajstić information content (AvgIpc) is 3.73. The number of rotatable bonds is 8. The number of aliphatic imine (C=N–C) groups is 1. The van der Waals surface area contributed by atoms with Crippen molar-refractivity contribution in [2.45, 2.75) is 72.9 Å². The van der Waals surface area contributed by atoms with Gasteiger partial charge in [0, 0.05) is 65.7 Å². The molecule has 8 nitrogen and oxygen atoms in total. The molecule has 264 valence electrons. The summed E-state index contributed by atoms with van der Waals surface area (Å²) in [7, 11) is 3.41. The van der Waals surface area contributed by atoms with Gasteiger partial charge in [-0.3, -0.25) is 29.3 Å². The maximum Gasteiger partial charge on any atom is 0.233 e. The van der Waals surface area contributed by atoms with Gasteiger partial charge in [0.25, 0.3) is 0 Å². The quantitative estimate of drug-likeness (QED) is 0.141. The number of nitrogens with zero attached hydrogens (tertiary/aromatic N) is 4. The summed E-state index contributed by atoms with van der Waals surface area (Å²) in [5.41, 5.74) is 5.39. The lowest BCUT2D eigenvalue weighted by atomic mass is 9.97. The lowest BCUT2D eigenvalue weighted by Crippen LogP contribution is -2.51. The van der Waals surface area contributed by atoms with Crippen molar-refractivity contribution < 1.29 is 14.4 Å². The minimum Gasteiger partial charge on any atom is -0.340 e. The average molecular weight is 761 g/mol. The predicted octanol–water partition coefficient (Wildman–Crippen LogP) is 8.16. The van der Waals surface area contributed by atoms with Crippen LogP contribution < -0.4 is 5.32 Å². The maximum absolute atomic E-state index is 12.3. The highest BCUT2D eigenvalue weighted by molar-refractivity contribution is 8.78. The van der Waals surface area contributed by atoms with E-state index in [-0.39, 0.29) is 43.1 Å². The molecule has 49 heavy (non-hydrogen) atoms. The van der Waals surface area contributed by atoms with Crippen molar-refractivity contribution in [1.82, 2.24) is 20.1 Å². The molecule has 1 saturated carbocycles. The Morgan fingerprint density at radius 3 is 2.55 bits per heavy atom. The predicted molar refractivity (Wildman–Crippen MR) is 213 cm³/mol. The van der Waals surface area contributed by atoms with Crippen LogP contribution in [0.2, 0.25) is 5.02 Å². The number of hydrogen-bond acceptors (Lipinski definition) is 9. The second-order valence-corrected chi connectivity index (χ2v) is 16.2. The van der Waals surface area contributed by atoms with Crippen LogP contribution >= 0.6 is 58.0 Å². The zero-order valence-electron chi connectivity index (χ0n) is 28.8. The van der Waals surface area contributed by atoms with E-state index >= 15 is 0 Å². The summed E-state index contributed by atoms with van der Waals surface area (Å²) in [6.07, 6.45) is 9.43. The topological polar surface area (TPSA) is 95.0 Å². The number of amides is 3. The number of aryl methyl sites for hydroxylation is 1. The minimum absolute atomic E-state index is 0. The number of piperidine rings is 1. The van der Waals surface area contributed by atoms with Crippen LogP contribution in [0.5, 0.6) is 0 Å². The number of thiophene rings is 1. The molecule has 0 bridgehead atoms. The van der Waals surface area contributed by atoms with Crippen molar-refractivity contribution in [3.8, 4) is 11.1 Å². The molecule has 3 fully saturated rings. The van der Waals surface area contributed by atoms with Crippen LogP contribution in [0.15, 0.2) is 46.6 Å². The first kappa shape index (κ1) is 39.4. The Labute approximate surface area is 313 Å². The molecule has 3 atom stereocenters. The van der Waals surface area contributed by atoms with Crippen LogP contribution in [0.1, 0.15) is 62.5 Å². The summed E-state index contributed by atoms with van der Waals surface area (Å²) >= 11 is 7.89. The van der Waals surface area contributed by atoms with Crippen LogP contribution in [-0.2, 0) is 20.9 Å². The molecule has 3 unspecified atom stereocenters. The number of imide groups is 1. The monoisotopic (exact) mass is 759 g/mol. The number of nitrogens with one attached hydrogen (secondary N) is 1. The molecule has 2 aromatic heterocycles. The van der Waals surface area contributed by atoms with Crippen molar-refractivity contribution in [3.63, 3.8) is 0 Å². The lowest BCUT2D eigenvalue weighted by molar-refractivity contribution is -0.142. The zero-order chi connectivity index (χ0) is 34.4.